The van der Waals surface area contributed by atoms with E-state index >= 15 is 0 Å². The number of hydrogen-bond donors (Lipinski definition) is 1. The van der Waals surface area contributed by atoms with E-state index in [0.29, 0.717) is 5.02 Å². The summed E-state index contributed by atoms with van der Waals surface area (Å²) in [6.45, 7) is 2.17. The van der Waals surface area contributed by atoms with Gasteiger partial charge in [-0.3, -0.25) is 0 Å². The second-order valence-corrected chi connectivity index (χ2v) is 3.74. The zero-order valence-electron chi connectivity index (χ0n) is 7.33. The molecule has 2 rings (SSSR count). The van der Waals surface area contributed by atoms with Crippen molar-refractivity contribution in [3.05, 3.63) is 23.2 Å². The SMILES string of the molecule is Oc1cc(N2CCCC2)ccc1Cl. The quantitative estimate of drug-likeness (QED) is 0.748. The summed E-state index contributed by atoms with van der Waals surface area (Å²) < 4.78 is 0. The van der Waals surface area contributed by atoms with Gasteiger partial charge in [0, 0.05) is 24.8 Å². The molecule has 0 aromatic heterocycles. The van der Waals surface area contributed by atoms with Crippen LogP contribution in [0.25, 0.3) is 0 Å². The minimum absolute atomic E-state index is 0.172. The van der Waals surface area contributed by atoms with Gasteiger partial charge < -0.3 is 10.0 Å². The Morgan fingerprint density at radius 2 is 1.92 bits per heavy atom. The maximum atomic E-state index is 9.40. The molecule has 1 aromatic rings. The number of nitrogens with zero attached hydrogens (tertiary/aromatic N) is 1. The molecule has 3 heteroatoms. The van der Waals surface area contributed by atoms with Crippen LogP contribution in [0.3, 0.4) is 0 Å². The number of phenolic OH excluding ortho intramolecular Hbond substituents is 1. The largest absolute Gasteiger partial charge is 0.506 e. The lowest BCUT2D eigenvalue weighted by Crippen LogP contribution is -2.17. The average Bonchev–Trinajstić information content (AvgIpc) is 2.62. The second-order valence-electron chi connectivity index (χ2n) is 3.33. The highest BCUT2D eigenvalue weighted by molar-refractivity contribution is 6.32. The van der Waals surface area contributed by atoms with E-state index in [1.165, 1.54) is 12.8 Å². The van der Waals surface area contributed by atoms with Crippen LogP contribution in [0.5, 0.6) is 5.75 Å². The molecule has 0 spiro atoms. The van der Waals surface area contributed by atoms with Crippen LogP contribution in [-0.4, -0.2) is 18.2 Å². The Morgan fingerprint density at radius 3 is 2.54 bits per heavy atom. The number of anilines is 1. The Balaban J connectivity index is 2.25. The van der Waals surface area contributed by atoms with Crippen molar-refractivity contribution in [3.8, 4) is 5.75 Å². The van der Waals surface area contributed by atoms with Crippen LogP contribution in [0, 0.1) is 0 Å². The fourth-order valence-electron chi connectivity index (χ4n) is 1.67. The van der Waals surface area contributed by atoms with E-state index in [4.69, 9.17) is 11.6 Å². The van der Waals surface area contributed by atoms with Crippen molar-refractivity contribution in [2.45, 2.75) is 12.8 Å². The molecule has 1 N–H and O–H groups in total. The van der Waals surface area contributed by atoms with E-state index in [-0.39, 0.29) is 5.75 Å². The zero-order valence-corrected chi connectivity index (χ0v) is 8.09. The van der Waals surface area contributed by atoms with Crippen LogP contribution < -0.4 is 4.90 Å². The molecule has 0 aliphatic carbocycles. The van der Waals surface area contributed by atoms with Crippen LogP contribution in [0.4, 0.5) is 5.69 Å². The molecular weight excluding hydrogens is 186 g/mol. The van der Waals surface area contributed by atoms with Gasteiger partial charge in [0.15, 0.2) is 0 Å². The topological polar surface area (TPSA) is 23.5 Å². The van der Waals surface area contributed by atoms with E-state index < -0.39 is 0 Å². The third-order valence-corrected chi connectivity index (χ3v) is 2.72. The van der Waals surface area contributed by atoms with Crippen molar-refractivity contribution in [2.24, 2.45) is 0 Å². The number of rotatable bonds is 1. The molecule has 1 heterocycles. The van der Waals surface area contributed by atoms with Gasteiger partial charge in [0.2, 0.25) is 0 Å². The standard InChI is InChI=1S/C10H12ClNO/c11-9-4-3-8(7-10(9)13)12-5-1-2-6-12/h3-4,7,13H,1-2,5-6H2. The number of phenols is 1. The van der Waals surface area contributed by atoms with Gasteiger partial charge in [-0.05, 0) is 25.0 Å². The fraction of sp³-hybridized carbons (Fsp3) is 0.400. The Bertz CT molecular complexity index is 308. The van der Waals surface area contributed by atoms with E-state index in [1.54, 1.807) is 12.1 Å². The molecule has 1 aliphatic rings. The van der Waals surface area contributed by atoms with Gasteiger partial charge >= 0.3 is 0 Å². The first-order valence-electron chi connectivity index (χ1n) is 4.51. The number of benzene rings is 1. The van der Waals surface area contributed by atoms with Crippen molar-refractivity contribution in [3.63, 3.8) is 0 Å². The van der Waals surface area contributed by atoms with Gasteiger partial charge in [-0.25, -0.2) is 0 Å². The molecule has 0 atom stereocenters. The van der Waals surface area contributed by atoms with Crippen molar-refractivity contribution in [1.29, 1.82) is 0 Å². The Labute approximate surface area is 82.7 Å². The first kappa shape index (κ1) is 8.70. The van der Waals surface area contributed by atoms with Gasteiger partial charge in [-0.1, -0.05) is 11.6 Å². The summed E-state index contributed by atoms with van der Waals surface area (Å²) in [5.74, 6) is 0.172. The first-order valence-corrected chi connectivity index (χ1v) is 4.88. The van der Waals surface area contributed by atoms with Crippen molar-refractivity contribution in [2.75, 3.05) is 18.0 Å². The van der Waals surface area contributed by atoms with Crippen LogP contribution in [-0.2, 0) is 0 Å². The van der Waals surface area contributed by atoms with Gasteiger partial charge in [-0.15, -0.1) is 0 Å². The summed E-state index contributed by atoms with van der Waals surface area (Å²) >= 11 is 5.72. The summed E-state index contributed by atoms with van der Waals surface area (Å²) in [6.07, 6.45) is 2.48. The summed E-state index contributed by atoms with van der Waals surface area (Å²) in [5.41, 5.74) is 1.07. The molecule has 1 saturated heterocycles. The monoisotopic (exact) mass is 197 g/mol. The zero-order chi connectivity index (χ0) is 9.26. The van der Waals surface area contributed by atoms with Gasteiger partial charge in [0.25, 0.3) is 0 Å². The highest BCUT2D eigenvalue weighted by atomic mass is 35.5. The summed E-state index contributed by atoms with van der Waals surface area (Å²) in [5, 5.41) is 9.82. The molecule has 0 saturated carbocycles. The van der Waals surface area contributed by atoms with Crippen LogP contribution >= 0.6 is 11.6 Å². The number of aromatic hydroxyl groups is 1. The third-order valence-electron chi connectivity index (χ3n) is 2.40. The molecule has 0 amide bonds. The molecule has 70 valence electrons. The second kappa shape index (κ2) is 3.46. The molecule has 0 radical (unpaired) electrons. The molecule has 13 heavy (non-hydrogen) atoms. The van der Waals surface area contributed by atoms with Crippen LogP contribution in [0.1, 0.15) is 12.8 Å². The van der Waals surface area contributed by atoms with Crippen LogP contribution in [0.2, 0.25) is 5.02 Å². The third kappa shape index (κ3) is 1.73. The highest BCUT2D eigenvalue weighted by Crippen LogP contribution is 2.29. The van der Waals surface area contributed by atoms with E-state index in [9.17, 15) is 5.11 Å². The molecule has 0 bridgehead atoms. The summed E-state index contributed by atoms with van der Waals surface area (Å²) in [6, 6.07) is 5.42. The van der Waals surface area contributed by atoms with E-state index in [2.05, 4.69) is 4.90 Å². The number of hydrogen-bond acceptors (Lipinski definition) is 2. The molecule has 1 aliphatic heterocycles. The molecule has 2 nitrogen and oxygen atoms in total. The molecular formula is C10H12ClNO. The average molecular weight is 198 g/mol. The lowest BCUT2D eigenvalue weighted by molar-refractivity contribution is 0.475. The van der Waals surface area contributed by atoms with E-state index in [1.807, 2.05) is 6.07 Å². The van der Waals surface area contributed by atoms with Gasteiger partial charge in [0.05, 0.1) is 5.02 Å². The maximum absolute atomic E-state index is 9.40. The lowest BCUT2D eigenvalue weighted by Gasteiger charge is -2.17. The normalized spacial score (nSPS) is 16.5. The predicted molar refractivity (Wildman–Crippen MR) is 54.6 cm³/mol. The smallest absolute Gasteiger partial charge is 0.136 e. The van der Waals surface area contributed by atoms with Crippen molar-refractivity contribution in [1.82, 2.24) is 0 Å². The van der Waals surface area contributed by atoms with E-state index in [0.717, 1.165) is 18.8 Å². The fourth-order valence-corrected chi connectivity index (χ4v) is 1.79. The first-order chi connectivity index (χ1) is 6.27. The lowest BCUT2D eigenvalue weighted by atomic mass is 10.3. The van der Waals surface area contributed by atoms with Gasteiger partial charge in [0.1, 0.15) is 5.75 Å². The Kier molecular flexibility index (Phi) is 2.32. The maximum Gasteiger partial charge on any atom is 0.136 e. The minimum atomic E-state index is 0.172. The molecule has 1 aromatic carbocycles. The molecule has 1 fully saturated rings. The minimum Gasteiger partial charge on any atom is -0.506 e. The summed E-state index contributed by atoms with van der Waals surface area (Å²) in [4.78, 5) is 2.26. The van der Waals surface area contributed by atoms with Crippen molar-refractivity contribution >= 4 is 17.3 Å². The Morgan fingerprint density at radius 1 is 1.23 bits per heavy atom. The highest BCUT2D eigenvalue weighted by Gasteiger charge is 2.12. The molecule has 0 unspecified atom stereocenters. The van der Waals surface area contributed by atoms with Crippen molar-refractivity contribution < 1.29 is 5.11 Å². The van der Waals surface area contributed by atoms with Gasteiger partial charge in [-0.2, -0.15) is 0 Å². The Hall–Kier alpha value is -0.890. The van der Waals surface area contributed by atoms with Crippen LogP contribution in [0.15, 0.2) is 18.2 Å². The summed E-state index contributed by atoms with van der Waals surface area (Å²) in [7, 11) is 0. The predicted octanol–water partition coefficient (Wildman–Crippen LogP) is 2.65. The number of halogens is 1.